The lowest BCUT2D eigenvalue weighted by molar-refractivity contribution is -0.123. The molecule has 1 N–H and O–H groups in total. The molecule has 1 aliphatic rings. The average Bonchev–Trinajstić information content (AvgIpc) is 2.97. The summed E-state index contributed by atoms with van der Waals surface area (Å²) >= 11 is 0. The number of carbonyl (C=O) groups excluding carboxylic acids is 2. The molecular formula is C32H36N2O4. The van der Waals surface area contributed by atoms with E-state index in [9.17, 15) is 9.59 Å². The van der Waals surface area contributed by atoms with Gasteiger partial charge in [-0.15, -0.1) is 0 Å². The van der Waals surface area contributed by atoms with Crippen molar-refractivity contribution in [3.8, 4) is 5.75 Å². The van der Waals surface area contributed by atoms with Crippen molar-refractivity contribution in [2.45, 2.75) is 37.1 Å². The third-order valence-electron chi connectivity index (χ3n) is 7.35. The maximum Gasteiger partial charge on any atom is 0.255 e. The van der Waals surface area contributed by atoms with Crippen LogP contribution in [0.4, 0.5) is 0 Å². The van der Waals surface area contributed by atoms with Crippen molar-refractivity contribution < 1.29 is 19.1 Å². The maximum atomic E-state index is 13.1. The first-order chi connectivity index (χ1) is 18.5. The summed E-state index contributed by atoms with van der Waals surface area (Å²) in [6, 6.07) is 27.5. The first-order valence-electron chi connectivity index (χ1n) is 13.1. The van der Waals surface area contributed by atoms with E-state index in [1.807, 2.05) is 54.7 Å². The lowest BCUT2D eigenvalue weighted by Crippen LogP contribution is -2.46. The van der Waals surface area contributed by atoms with Crippen molar-refractivity contribution in [2.75, 3.05) is 27.4 Å². The lowest BCUT2D eigenvalue weighted by Gasteiger charge is -2.40. The molecule has 0 aromatic heterocycles. The first kappa shape index (κ1) is 27.3. The fraction of sp³-hybridized carbons (Fsp3) is 0.344. The van der Waals surface area contributed by atoms with E-state index in [1.54, 1.807) is 26.4 Å². The highest BCUT2D eigenvalue weighted by Crippen LogP contribution is 2.40. The molecule has 1 amide bonds. The Labute approximate surface area is 225 Å². The number of carbonyl (C=O) groups is 2. The first-order valence-corrected chi connectivity index (χ1v) is 13.1. The van der Waals surface area contributed by atoms with E-state index in [0.717, 1.165) is 12.0 Å². The number of amides is 1. The number of rotatable bonds is 11. The van der Waals surface area contributed by atoms with Crippen LogP contribution in [0.15, 0.2) is 89.9 Å². The van der Waals surface area contributed by atoms with Gasteiger partial charge in [-0.25, -0.2) is 0 Å². The molecule has 0 heterocycles. The number of nitrogens with one attached hydrogen (secondary N) is 1. The number of ether oxygens (including phenoxy) is 2. The molecule has 0 radical (unpaired) electrons. The molecule has 0 saturated heterocycles. The van der Waals surface area contributed by atoms with Gasteiger partial charge in [0.05, 0.1) is 31.2 Å². The van der Waals surface area contributed by atoms with E-state index in [1.165, 1.54) is 5.56 Å². The SMILES string of the molecule is COC[C@H](Cc1ccccc1)N=CC1CC(CNC(=O)c2ccccc2OC)(c2ccccc2)CCC1=O. The van der Waals surface area contributed by atoms with Crippen molar-refractivity contribution in [3.63, 3.8) is 0 Å². The summed E-state index contributed by atoms with van der Waals surface area (Å²) in [4.78, 5) is 31.0. The largest absolute Gasteiger partial charge is 0.496 e. The number of hydrogen-bond acceptors (Lipinski definition) is 5. The van der Waals surface area contributed by atoms with Crippen LogP contribution in [0, 0.1) is 5.92 Å². The van der Waals surface area contributed by atoms with Gasteiger partial charge in [-0.1, -0.05) is 72.8 Å². The summed E-state index contributed by atoms with van der Waals surface area (Å²) in [5, 5.41) is 3.14. The van der Waals surface area contributed by atoms with Gasteiger partial charge in [-0.2, -0.15) is 0 Å². The zero-order chi connectivity index (χ0) is 26.8. The quantitative estimate of drug-likeness (QED) is 0.364. The molecule has 1 aliphatic carbocycles. The molecule has 38 heavy (non-hydrogen) atoms. The van der Waals surface area contributed by atoms with Crippen LogP contribution in [0.25, 0.3) is 0 Å². The van der Waals surface area contributed by atoms with Gasteiger partial charge in [0.25, 0.3) is 5.91 Å². The summed E-state index contributed by atoms with van der Waals surface area (Å²) in [6.07, 6.45) is 4.25. The second-order valence-electron chi connectivity index (χ2n) is 9.90. The molecule has 3 atom stereocenters. The van der Waals surface area contributed by atoms with Gasteiger partial charge in [0.15, 0.2) is 0 Å². The molecule has 0 bridgehead atoms. The molecule has 6 nitrogen and oxygen atoms in total. The molecule has 2 unspecified atom stereocenters. The Balaban J connectivity index is 1.55. The van der Waals surface area contributed by atoms with E-state index >= 15 is 0 Å². The van der Waals surface area contributed by atoms with E-state index in [4.69, 9.17) is 14.5 Å². The van der Waals surface area contributed by atoms with Crippen LogP contribution in [-0.2, 0) is 21.4 Å². The molecule has 0 spiro atoms. The number of para-hydroxylation sites is 1. The second kappa shape index (κ2) is 13.2. The topological polar surface area (TPSA) is 77.0 Å². The molecule has 1 saturated carbocycles. The number of methoxy groups -OCH3 is 2. The number of nitrogens with zero attached hydrogens (tertiary/aromatic N) is 1. The van der Waals surface area contributed by atoms with Crippen molar-refractivity contribution in [1.29, 1.82) is 0 Å². The van der Waals surface area contributed by atoms with Crippen molar-refractivity contribution >= 4 is 17.9 Å². The minimum absolute atomic E-state index is 0.0755. The normalized spacial score (nSPS) is 20.3. The summed E-state index contributed by atoms with van der Waals surface area (Å²) in [6.45, 7) is 0.891. The Kier molecular flexibility index (Phi) is 9.44. The fourth-order valence-electron chi connectivity index (χ4n) is 5.27. The summed E-state index contributed by atoms with van der Waals surface area (Å²) in [7, 11) is 3.23. The highest BCUT2D eigenvalue weighted by molar-refractivity contribution is 5.97. The Morgan fingerprint density at radius 3 is 2.42 bits per heavy atom. The molecule has 3 aromatic carbocycles. The highest BCUT2D eigenvalue weighted by atomic mass is 16.5. The Morgan fingerprint density at radius 1 is 1.03 bits per heavy atom. The molecule has 198 valence electrons. The number of aliphatic imine (C=N–C) groups is 1. The van der Waals surface area contributed by atoms with Crippen LogP contribution in [0.5, 0.6) is 5.75 Å². The van der Waals surface area contributed by atoms with E-state index < -0.39 is 0 Å². The summed E-state index contributed by atoms with van der Waals surface area (Å²) < 4.78 is 10.8. The van der Waals surface area contributed by atoms with E-state index in [0.29, 0.717) is 43.7 Å². The van der Waals surface area contributed by atoms with Crippen molar-refractivity contribution in [2.24, 2.45) is 10.9 Å². The van der Waals surface area contributed by atoms with Gasteiger partial charge in [-0.3, -0.25) is 14.6 Å². The molecular weight excluding hydrogens is 476 g/mol. The third kappa shape index (κ3) is 6.75. The molecule has 4 rings (SSSR count). The van der Waals surface area contributed by atoms with Crippen LogP contribution >= 0.6 is 0 Å². The average molecular weight is 513 g/mol. The van der Waals surface area contributed by atoms with Gasteiger partial charge >= 0.3 is 0 Å². The Bertz CT molecular complexity index is 1230. The fourth-order valence-corrected chi connectivity index (χ4v) is 5.27. The van der Waals surface area contributed by atoms with Gasteiger partial charge in [0.1, 0.15) is 11.5 Å². The van der Waals surface area contributed by atoms with Crippen molar-refractivity contribution in [1.82, 2.24) is 5.32 Å². The van der Waals surface area contributed by atoms with Crippen LogP contribution < -0.4 is 10.1 Å². The van der Waals surface area contributed by atoms with Crippen molar-refractivity contribution in [3.05, 3.63) is 102 Å². The minimum atomic E-state index is -0.389. The van der Waals surface area contributed by atoms with Gasteiger partial charge in [-0.05, 0) is 42.5 Å². The standard InChI is InChI=1S/C32H36N2O4/c1-37-22-27(19-24-11-5-3-6-12-24)33-21-25-20-32(18-17-29(25)35,26-13-7-4-8-14-26)23-34-31(36)28-15-9-10-16-30(28)38-2/h3-16,21,25,27H,17-20,22-23H2,1-2H3,(H,34,36)/t25?,27-,32?/m0/s1. The predicted octanol–water partition coefficient (Wildman–Crippen LogP) is 5.06. The van der Waals surface area contributed by atoms with Crippen LogP contribution in [0.3, 0.4) is 0 Å². The third-order valence-corrected chi connectivity index (χ3v) is 7.35. The molecule has 1 fully saturated rings. The van der Waals surface area contributed by atoms with E-state index in [2.05, 4.69) is 29.6 Å². The zero-order valence-electron chi connectivity index (χ0n) is 22.1. The zero-order valence-corrected chi connectivity index (χ0v) is 22.1. The van der Waals surface area contributed by atoms with Gasteiger partial charge < -0.3 is 14.8 Å². The number of ketones is 1. The second-order valence-corrected chi connectivity index (χ2v) is 9.90. The minimum Gasteiger partial charge on any atom is -0.496 e. The summed E-state index contributed by atoms with van der Waals surface area (Å²) in [5.74, 6) is 0.197. The lowest BCUT2D eigenvalue weighted by atomic mass is 9.65. The Morgan fingerprint density at radius 2 is 1.71 bits per heavy atom. The summed E-state index contributed by atoms with van der Waals surface area (Å²) in [5.41, 5.74) is 2.40. The number of Topliss-reactive ketones (excluding diaryl/α,β-unsaturated/α-hetero) is 1. The maximum absolute atomic E-state index is 13.1. The van der Waals surface area contributed by atoms with Gasteiger partial charge in [0, 0.05) is 31.7 Å². The smallest absolute Gasteiger partial charge is 0.255 e. The van der Waals surface area contributed by atoms with Crippen LogP contribution in [0.1, 0.15) is 40.7 Å². The predicted molar refractivity (Wildman–Crippen MR) is 150 cm³/mol. The highest BCUT2D eigenvalue weighted by Gasteiger charge is 2.41. The monoisotopic (exact) mass is 512 g/mol. The molecule has 0 aliphatic heterocycles. The van der Waals surface area contributed by atoms with E-state index in [-0.39, 0.29) is 29.1 Å². The number of benzene rings is 3. The number of hydrogen-bond donors (Lipinski definition) is 1. The van der Waals surface area contributed by atoms with Gasteiger partial charge in [0.2, 0.25) is 0 Å². The molecule has 3 aromatic rings. The van der Waals surface area contributed by atoms with Crippen LogP contribution in [-0.4, -0.2) is 51.3 Å². The Hall–Kier alpha value is -3.77. The van der Waals surface area contributed by atoms with Crippen LogP contribution in [0.2, 0.25) is 0 Å². The molecule has 6 heteroatoms.